The van der Waals surface area contributed by atoms with Crippen LogP contribution in [0.5, 0.6) is 0 Å². The van der Waals surface area contributed by atoms with Crippen molar-refractivity contribution >= 4 is 9.84 Å². The molecule has 2 aromatic carbocycles. The van der Waals surface area contributed by atoms with Gasteiger partial charge < -0.3 is 0 Å². The quantitative estimate of drug-likeness (QED) is 0.679. The second kappa shape index (κ2) is 7.45. The van der Waals surface area contributed by atoms with Crippen molar-refractivity contribution in [3.8, 4) is 11.3 Å². The highest BCUT2D eigenvalue weighted by molar-refractivity contribution is 7.90. The summed E-state index contributed by atoms with van der Waals surface area (Å²) in [5.41, 5.74) is 5.29. The number of rotatable bonds is 4. The molecule has 28 heavy (non-hydrogen) atoms. The molecule has 6 heteroatoms. The fourth-order valence-corrected chi connectivity index (χ4v) is 4.33. The molecule has 0 spiro atoms. The molecule has 5 nitrogen and oxygen atoms in total. The van der Waals surface area contributed by atoms with Gasteiger partial charge in [0.25, 0.3) is 0 Å². The van der Waals surface area contributed by atoms with Gasteiger partial charge in [-0.1, -0.05) is 42.5 Å². The maximum absolute atomic E-state index is 11.7. The third-order valence-corrected chi connectivity index (χ3v) is 6.42. The van der Waals surface area contributed by atoms with Gasteiger partial charge in [-0.05, 0) is 24.6 Å². The van der Waals surface area contributed by atoms with Crippen molar-refractivity contribution in [2.24, 2.45) is 0 Å². The van der Waals surface area contributed by atoms with E-state index in [1.807, 2.05) is 18.2 Å². The number of nitrogens with zero attached hydrogens (tertiary/aromatic N) is 3. The molecule has 0 fully saturated rings. The Hall–Kier alpha value is -2.57. The summed E-state index contributed by atoms with van der Waals surface area (Å²) in [4.78, 5) is 11.8. The van der Waals surface area contributed by atoms with Crippen molar-refractivity contribution in [2.45, 2.75) is 37.4 Å². The Morgan fingerprint density at radius 3 is 2.43 bits per heavy atom. The molecule has 0 amide bonds. The summed E-state index contributed by atoms with van der Waals surface area (Å²) in [6.45, 7) is 3.88. The molecule has 4 rings (SSSR count). The average molecular weight is 394 g/mol. The van der Waals surface area contributed by atoms with Crippen molar-refractivity contribution in [1.82, 2.24) is 14.9 Å². The van der Waals surface area contributed by atoms with Crippen LogP contribution in [0.1, 0.15) is 23.7 Å². The molecule has 0 saturated heterocycles. The standard InChI is InChI=1S/C22H23N3O2S/c1-16-12-21-20(14-25(16)13-17-6-4-3-5-7-17)22(24-15-23-21)18-8-10-19(11-9-18)28(2,26)27/h3-11,15-16H,12-14H2,1-2H3. The SMILES string of the molecule is CC1Cc2ncnc(-c3ccc(S(C)(=O)=O)cc3)c2CN1Cc1ccccc1. The van der Waals surface area contributed by atoms with Crippen LogP contribution < -0.4 is 0 Å². The third-order valence-electron chi connectivity index (χ3n) is 5.29. The highest BCUT2D eigenvalue weighted by Crippen LogP contribution is 2.31. The Morgan fingerprint density at radius 2 is 1.75 bits per heavy atom. The lowest BCUT2D eigenvalue weighted by molar-refractivity contribution is 0.173. The van der Waals surface area contributed by atoms with E-state index in [9.17, 15) is 8.42 Å². The van der Waals surface area contributed by atoms with Crippen molar-refractivity contribution in [1.29, 1.82) is 0 Å². The van der Waals surface area contributed by atoms with Crippen LogP contribution in [0.2, 0.25) is 0 Å². The van der Waals surface area contributed by atoms with Gasteiger partial charge in [-0.15, -0.1) is 0 Å². The highest BCUT2D eigenvalue weighted by Gasteiger charge is 2.26. The lowest BCUT2D eigenvalue weighted by atomic mass is 9.95. The van der Waals surface area contributed by atoms with Crippen LogP contribution in [-0.4, -0.2) is 35.6 Å². The van der Waals surface area contributed by atoms with E-state index >= 15 is 0 Å². The predicted octanol–water partition coefficient (Wildman–Crippen LogP) is 3.49. The van der Waals surface area contributed by atoms with Crippen LogP contribution in [0.25, 0.3) is 11.3 Å². The zero-order chi connectivity index (χ0) is 19.7. The molecule has 1 aliphatic heterocycles. The lowest BCUT2D eigenvalue weighted by Crippen LogP contribution is -2.38. The summed E-state index contributed by atoms with van der Waals surface area (Å²) in [5.74, 6) is 0. The van der Waals surface area contributed by atoms with Gasteiger partial charge in [0.2, 0.25) is 0 Å². The van der Waals surface area contributed by atoms with E-state index < -0.39 is 9.84 Å². The summed E-state index contributed by atoms with van der Waals surface area (Å²) in [6, 6.07) is 17.8. The number of hydrogen-bond donors (Lipinski definition) is 0. The molecular formula is C22H23N3O2S. The smallest absolute Gasteiger partial charge is 0.175 e. The van der Waals surface area contributed by atoms with Gasteiger partial charge in [0, 0.05) is 42.9 Å². The first-order valence-corrected chi connectivity index (χ1v) is 11.2. The number of benzene rings is 2. The Morgan fingerprint density at radius 1 is 1.04 bits per heavy atom. The number of hydrogen-bond acceptors (Lipinski definition) is 5. The van der Waals surface area contributed by atoms with E-state index in [2.05, 4.69) is 46.1 Å². The van der Waals surface area contributed by atoms with E-state index in [0.717, 1.165) is 42.0 Å². The number of fused-ring (bicyclic) bond motifs is 1. The Bertz CT molecular complexity index is 1080. The zero-order valence-corrected chi connectivity index (χ0v) is 16.9. The molecule has 1 aromatic heterocycles. The maximum atomic E-state index is 11.7. The topological polar surface area (TPSA) is 63.2 Å². The average Bonchev–Trinajstić information content (AvgIpc) is 2.68. The number of aromatic nitrogens is 2. The van der Waals surface area contributed by atoms with Gasteiger partial charge in [0.15, 0.2) is 9.84 Å². The first kappa shape index (κ1) is 18.8. The molecule has 1 unspecified atom stereocenters. The lowest BCUT2D eigenvalue weighted by Gasteiger charge is -2.35. The van der Waals surface area contributed by atoms with Gasteiger partial charge in [-0.2, -0.15) is 0 Å². The van der Waals surface area contributed by atoms with Crippen molar-refractivity contribution < 1.29 is 8.42 Å². The van der Waals surface area contributed by atoms with Crippen LogP contribution >= 0.6 is 0 Å². The van der Waals surface area contributed by atoms with Crippen molar-refractivity contribution in [3.63, 3.8) is 0 Å². The van der Waals surface area contributed by atoms with Crippen LogP contribution in [0, 0.1) is 0 Å². The molecule has 0 aliphatic carbocycles. The molecule has 1 atom stereocenters. The second-order valence-corrected chi connectivity index (χ2v) is 9.40. The molecule has 1 aliphatic rings. The number of sulfone groups is 1. The molecule has 3 aromatic rings. The van der Waals surface area contributed by atoms with E-state index in [-0.39, 0.29) is 0 Å². The normalized spacial score (nSPS) is 17.3. The fourth-order valence-electron chi connectivity index (χ4n) is 3.70. The van der Waals surface area contributed by atoms with Gasteiger partial charge in [0.1, 0.15) is 6.33 Å². The molecule has 0 radical (unpaired) electrons. The van der Waals surface area contributed by atoms with Gasteiger partial charge in [0.05, 0.1) is 16.3 Å². The largest absolute Gasteiger partial charge is 0.292 e. The molecule has 0 N–H and O–H groups in total. The van der Waals surface area contributed by atoms with E-state index in [4.69, 9.17) is 0 Å². The molecule has 144 valence electrons. The molecule has 0 saturated carbocycles. The fraction of sp³-hybridized carbons (Fsp3) is 0.273. The minimum Gasteiger partial charge on any atom is -0.292 e. The van der Waals surface area contributed by atoms with Gasteiger partial charge >= 0.3 is 0 Å². The summed E-state index contributed by atoms with van der Waals surface area (Å²) in [7, 11) is -3.21. The Balaban J connectivity index is 1.67. The zero-order valence-electron chi connectivity index (χ0n) is 16.0. The first-order valence-electron chi connectivity index (χ1n) is 9.33. The summed E-state index contributed by atoms with van der Waals surface area (Å²) in [6.07, 6.45) is 3.70. The predicted molar refractivity (Wildman–Crippen MR) is 109 cm³/mol. The minimum atomic E-state index is -3.21. The second-order valence-electron chi connectivity index (χ2n) is 7.39. The van der Waals surface area contributed by atoms with Crippen LogP contribution in [0.4, 0.5) is 0 Å². The Kier molecular flexibility index (Phi) is 5.00. The highest BCUT2D eigenvalue weighted by atomic mass is 32.2. The first-order chi connectivity index (χ1) is 13.4. The van der Waals surface area contributed by atoms with Crippen LogP contribution in [0.15, 0.2) is 65.8 Å². The van der Waals surface area contributed by atoms with E-state index in [0.29, 0.717) is 10.9 Å². The summed E-state index contributed by atoms with van der Waals surface area (Å²) < 4.78 is 23.5. The monoisotopic (exact) mass is 393 g/mol. The van der Waals surface area contributed by atoms with Gasteiger partial charge in [-0.3, -0.25) is 4.90 Å². The van der Waals surface area contributed by atoms with Crippen LogP contribution in [0.3, 0.4) is 0 Å². The third kappa shape index (κ3) is 3.84. The van der Waals surface area contributed by atoms with Crippen molar-refractivity contribution in [3.05, 3.63) is 77.7 Å². The van der Waals surface area contributed by atoms with E-state index in [1.54, 1.807) is 18.5 Å². The maximum Gasteiger partial charge on any atom is 0.175 e. The van der Waals surface area contributed by atoms with Gasteiger partial charge in [-0.25, -0.2) is 18.4 Å². The Labute approximate surface area is 166 Å². The van der Waals surface area contributed by atoms with E-state index in [1.165, 1.54) is 11.8 Å². The summed E-state index contributed by atoms with van der Waals surface area (Å²) >= 11 is 0. The molecule has 0 bridgehead atoms. The molecular weight excluding hydrogens is 370 g/mol. The van der Waals surface area contributed by atoms with Crippen LogP contribution in [-0.2, 0) is 29.3 Å². The molecule has 2 heterocycles. The minimum absolute atomic E-state index is 0.318. The van der Waals surface area contributed by atoms with Crippen molar-refractivity contribution in [2.75, 3.05) is 6.26 Å². The summed E-state index contributed by atoms with van der Waals surface area (Å²) in [5, 5.41) is 0.